The molecule has 1 fully saturated rings. The molecule has 2 heterocycles. The van der Waals surface area contributed by atoms with Crippen LogP contribution in [0, 0.1) is 11.8 Å². The highest BCUT2D eigenvalue weighted by molar-refractivity contribution is 7.89. The summed E-state index contributed by atoms with van der Waals surface area (Å²) in [5.41, 5.74) is 5.20. The summed E-state index contributed by atoms with van der Waals surface area (Å²) in [6.07, 6.45) is 1.72. The van der Waals surface area contributed by atoms with Gasteiger partial charge in [0.05, 0.1) is 0 Å². The van der Waals surface area contributed by atoms with Crippen molar-refractivity contribution >= 4 is 21.9 Å². The molecule has 0 spiro atoms. The fourth-order valence-electron chi connectivity index (χ4n) is 4.30. The highest BCUT2D eigenvalue weighted by Gasteiger charge is 2.45. The fourth-order valence-corrected chi connectivity index (χ4v) is 5.87. The van der Waals surface area contributed by atoms with Gasteiger partial charge in [-0.15, -0.1) is 0 Å². The van der Waals surface area contributed by atoms with Gasteiger partial charge in [-0.05, 0) is 50.2 Å². The van der Waals surface area contributed by atoms with Crippen LogP contribution in [0.5, 0.6) is 11.5 Å². The Morgan fingerprint density at radius 2 is 1.90 bits per heavy atom. The third-order valence-electron chi connectivity index (χ3n) is 5.72. The van der Waals surface area contributed by atoms with E-state index in [1.807, 2.05) is 13.8 Å². The Balaban J connectivity index is 1.65. The van der Waals surface area contributed by atoms with Crippen molar-refractivity contribution in [2.75, 3.05) is 19.6 Å². The van der Waals surface area contributed by atoms with Crippen LogP contribution in [0.3, 0.4) is 0 Å². The maximum atomic E-state index is 12.9. The third kappa shape index (κ3) is 4.24. The van der Waals surface area contributed by atoms with Crippen molar-refractivity contribution in [3.05, 3.63) is 18.2 Å². The van der Waals surface area contributed by atoms with Crippen LogP contribution in [-0.2, 0) is 14.8 Å². The number of hydrogen-bond acceptors (Lipinski definition) is 7. The Kier molecular flexibility index (Phi) is 6.01. The van der Waals surface area contributed by atoms with E-state index in [0.717, 1.165) is 12.1 Å². The Hall–Kier alpha value is -2.33. The van der Waals surface area contributed by atoms with Crippen molar-refractivity contribution in [1.29, 1.82) is 0 Å². The van der Waals surface area contributed by atoms with Gasteiger partial charge in [-0.1, -0.05) is 13.8 Å². The quantitative estimate of drug-likeness (QED) is 0.575. The first kappa shape index (κ1) is 22.4. The van der Waals surface area contributed by atoms with Crippen LogP contribution >= 0.6 is 0 Å². The van der Waals surface area contributed by atoms with E-state index in [1.54, 1.807) is 6.92 Å². The molecule has 1 aromatic carbocycles. The number of rotatable bonds is 6. The number of carbonyl (C=O) groups excluding carboxylic acids is 1. The van der Waals surface area contributed by atoms with Crippen LogP contribution < -0.4 is 5.73 Å². The van der Waals surface area contributed by atoms with Crippen LogP contribution in [0.2, 0.25) is 0 Å². The van der Waals surface area contributed by atoms with Crippen molar-refractivity contribution in [2.45, 2.75) is 50.5 Å². The van der Waals surface area contributed by atoms with Crippen LogP contribution in [-0.4, -0.2) is 64.9 Å². The van der Waals surface area contributed by atoms with Gasteiger partial charge in [0.15, 0.2) is 5.96 Å². The van der Waals surface area contributed by atoms with Gasteiger partial charge in [0.25, 0.3) is 5.91 Å². The molecule has 2 aliphatic rings. The highest BCUT2D eigenvalue weighted by Crippen LogP contribution is 2.33. The topological polar surface area (TPSA) is 137 Å². The molecule has 0 aliphatic carbocycles. The summed E-state index contributed by atoms with van der Waals surface area (Å²) in [4.78, 5) is 18.5. The SMILES string of the molecule is CC(C)CC1(C)N=C(N)N(CC2CCN(S(=O)(=O)c3cc(O)ccc3O)CC2)C1=O. The van der Waals surface area contributed by atoms with E-state index in [1.165, 1.54) is 15.3 Å². The minimum Gasteiger partial charge on any atom is -0.508 e. The summed E-state index contributed by atoms with van der Waals surface area (Å²) >= 11 is 0. The first-order valence-electron chi connectivity index (χ1n) is 10.1. The number of phenols is 2. The molecule has 1 amide bonds. The largest absolute Gasteiger partial charge is 0.508 e. The fraction of sp³-hybridized carbons (Fsp3) is 0.600. The lowest BCUT2D eigenvalue weighted by molar-refractivity contribution is -0.131. The van der Waals surface area contributed by atoms with Crippen LogP contribution in [0.25, 0.3) is 0 Å². The Bertz CT molecular complexity index is 954. The lowest BCUT2D eigenvalue weighted by Crippen LogP contribution is -2.47. The average Bonchev–Trinajstić information content (AvgIpc) is 2.86. The van der Waals surface area contributed by atoms with Gasteiger partial charge in [-0.2, -0.15) is 4.31 Å². The number of benzene rings is 1. The molecule has 4 N–H and O–H groups in total. The van der Waals surface area contributed by atoms with E-state index in [0.29, 0.717) is 31.7 Å². The minimum atomic E-state index is -3.93. The smallest absolute Gasteiger partial charge is 0.257 e. The van der Waals surface area contributed by atoms with E-state index in [-0.39, 0.29) is 41.5 Å². The standard InChI is InChI=1S/C20H30N4O5S/c1-13(2)11-20(3)18(27)24(19(21)22-20)12-14-6-8-23(9-7-14)30(28,29)17-10-15(25)4-5-16(17)26/h4-5,10,13-14,25-26H,6-9,11-12H2,1-3H3,(H2,21,22). The lowest BCUT2D eigenvalue weighted by atomic mass is 9.90. The van der Waals surface area contributed by atoms with Crippen LogP contribution in [0.15, 0.2) is 28.1 Å². The number of nitrogens with two attached hydrogens (primary N) is 1. The molecule has 0 saturated carbocycles. The zero-order valence-corrected chi connectivity index (χ0v) is 18.4. The summed E-state index contributed by atoms with van der Waals surface area (Å²) in [6.45, 7) is 6.79. The van der Waals surface area contributed by atoms with E-state index >= 15 is 0 Å². The molecule has 3 rings (SSSR count). The Morgan fingerprint density at radius 1 is 1.27 bits per heavy atom. The summed E-state index contributed by atoms with van der Waals surface area (Å²) in [5.74, 6) is -0.110. The maximum absolute atomic E-state index is 12.9. The number of hydrogen-bond donors (Lipinski definition) is 3. The molecule has 166 valence electrons. The maximum Gasteiger partial charge on any atom is 0.257 e. The van der Waals surface area contributed by atoms with Crippen molar-refractivity contribution in [2.24, 2.45) is 22.6 Å². The van der Waals surface area contributed by atoms with E-state index in [2.05, 4.69) is 4.99 Å². The number of piperidine rings is 1. The number of aromatic hydroxyl groups is 2. The molecule has 2 aliphatic heterocycles. The lowest BCUT2D eigenvalue weighted by Gasteiger charge is -2.33. The molecule has 0 aromatic heterocycles. The molecule has 10 heteroatoms. The number of guanidine groups is 1. The Labute approximate surface area is 177 Å². The predicted molar refractivity (Wildman–Crippen MR) is 112 cm³/mol. The molecule has 1 aromatic rings. The van der Waals surface area contributed by atoms with Gasteiger partial charge in [0, 0.05) is 25.7 Å². The second-order valence-electron chi connectivity index (χ2n) is 8.76. The highest BCUT2D eigenvalue weighted by atomic mass is 32.2. The molecule has 0 bridgehead atoms. The van der Waals surface area contributed by atoms with Gasteiger partial charge < -0.3 is 15.9 Å². The molecule has 1 unspecified atom stereocenters. The molecule has 1 saturated heterocycles. The molecule has 30 heavy (non-hydrogen) atoms. The van der Waals surface area contributed by atoms with Gasteiger partial charge >= 0.3 is 0 Å². The Morgan fingerprint density at radius 3 is 2.50 bits per heavy atom. The minimum absolute atomic E-state index is 0.0910. The number of phenolic OH excluding ortho intramolecular Hbond substituents is 2. The number of aliphatic imine (C=N–C) groups is 1. The normalized spacial score (nSPS) is 23.9. The summed E-state index contributed by atoms with van der Waals surface area (Å²) in [6, 6.07) is 3.43. The number of nitrogens with zero attached hydrogens (tertiary/aromatic N) is 3. The molecule has 1 atom stereocenters. The number of sulfonamides is 1. The van der Waals surface area contributed by atoms with Gasteiger partial charge in [-0.25, -0.2) is 13.4 Å². The summed E-state index contributed by atoms with van der Waals surface area (Å²) in [5, 5.41) is 19.5. The van der Waals surface area contributed by atoms with Crippen molar-refractivity contribution < 1.29 is 23.4 Å². The van der Waals surface area contributed by atoms with Gasteiger partial charge in [0.2, 0.25) is 10.0 Å². The van der Waals surface area contributed by atoms with E-state index in [4.69, 9.17) is 5.73 Å². The molecule has 9 nitrogen and oxygen atoms in total. The molecular weight excluding hydrogens is 408 g/mol. The third-order valence-corrected chi connectivity index (χ3v) is 7.65. The summed E-state index contributed by atoms with van der Waals surface area (Å²) in [7, 11) is -3.93. The first-order chi connectivity index (χ1) is 13.9. The van der Waals surface area contributed by atoms with Crippen molar-refractivity contribution in [3.8, 4) is 11.5 Å². The van der Waals surface area contributed by atoms with Crippen LogP contribution in [0.4, 0.5) is 0 Å². The van der Waals surface area contributed by atoms with Gasteiger partial charge in [0.1, 0.15) is 21.9 Å². The van der Waals surface area contributed by atoms with Crippen LogP contribution in [0.1, 0.15) is 40.0 Å². The second-order valence-corrected chi connectivity index (χ2v) is 10.7. The van der Waals surface area contributed by atoms with Crippen molar-refractivity contribution in [1.82, 2.24) is 9.21 Å². The first-order valence-corrected chi connectivity index (χ1v) is 11.6. The second kappa shape index (κ2) is 8.07. The summed E-state index contributed by atoms with van der Waals surface area (Å²) < 4.78 is 27.0. The number of carbonyl (C=O) groups is 1. The zero-order valence-electron chi connectivity index (χ0n) is 17.6. The predicted octanol–water partition coefficient (Wildman–Crippen LogP) is 1.46. The zero-order chi connectivity index (χ0) is 22.3. The monoisotopic (exact) mass is 438 g/mol. The van der Waals surface area contributed by atoms with E-state index in [9.17, 15) is 23.4 Å². The molecular formula is C20H30N4O5S. The molecule has 0 radical (unpaired) electrons. The van der Waals surface area contributed by atoms with Gasteiger partial charge in [-0.3, -0.25) is 9.69 Å². The number of amides is 1. The van der Waals surface area contributed by atoms with E-state index < -0.39 is 21.3 Å². The van der Waals surface area contributed by atoms with Crippen molar-refractivity contribution in [3.63, 3.8) is 0 Å². The average molecular weight is 439 g/mol.